The average Bonchev–Trinajstić information content (AvgIpc) is 2.94. The Hall–Kier alpha value is -2.23. The van der Waals surface area contributed by atoms with Crippen molar-refractivity contribution >= 4 is 17.8 Å². The van der Waals surface area contributed by atoms with Crippen LogP contribution < -0.4 is 0 Å². The molecule has 22 heavy (non-hydrogen) atoms. The van der Waals surface area contributed by atoms with Crippen LogP contribution in [0.15, 0.2) is 42.5 Å². The molecule has 1 aromatic carbocycles. The maximum absolute atomic E-state index is 13.0. The molecule has 0 aromatic heterocycles. The van der Waals surface area contributed by atoms with E-state index in [-0.39, 0.29) is 17.6 Å². The normalized spacial score (nSPS) is 28.3. The van der Waals surface area contributed by atoms with Crippen molar-refractivity contribution in [3.05, 3.63) is 53.9 Å². The first-order chi connectivity index (χ1) is 10.6. The van der Waals surface area contributed by atoms with Gasteiger partial charge in [0.15, 0.2) is 0 Å². The predicted molar refractivity (Wildman–Crippen MR) is 80.4 cm³/mol. The van der Waals surface area contributed by atoms with Crippen molar-refractivity contribution < 1.29 is 18.7 Å². The lowest BCUT2D eigenvalue weighted by Crippen LogP contribution is -2.38. The van der Waals surface area contributed by atoms with Crippen molar-refractivity contribution in [1.82, 2.24) is 0 Å². The number of hydrogen-bond donors (Lipinski definition) is 0. The van der Waals surface area contributed by atoms with Gasteiger partial charge in [0.25, 0.3) is 0 Å². The Kier molecular flexibility index (Phi) is 3.92. The average molecular weight is 300 g/mol. The quantitative estimate of drug-likeness (QED) is 0.803. The van der Waals surface area contributed by atoms with Gasteiger partial charge in [0.05, 0.1) is 0 Å². The van der Waals surface area contributed by atoms with E-state index in [1.54, 1.807) is 18.2 Å². The number of rotatable bonds is 3. The molecule has 0 amide bonds. The van der Waals surface area contributed by atoms with Crippen LogP contribution in [0.1, 0.15) is 31.2 Å². The number of ketones is 1. The minimum Gasteiger partial charge on any atom is -0.454 e. The lowest BCUT2D eigenvalue weighted by Gasteiger charge is -2.37. The van der Waals surface area contributed by atoms with Crippen LogP contribution in [0.3, 0.4) is 0 Å². The van der Waals surface area contributed by atoms with Crippen LogP contribution in [-0.2, 0) is 14.3 Å². The summed E-state index contributed by atoms with van der Waals surface area (Å²) in [5.74, 6) is -0.462. The number of esters is 1. The van der Waals surface area contributed by atoms with E-state index < -0.39 is 11.5 Å². The van der Waals surface area contributed by atoms with Gasteiger partial charge in [-0.15, -0.1) is 0 Å². The molecule has 3 rings (SSSR count). The summed E-state index contributed by atoms with van der Waals surface area (Å²) in [6.45, 7) is 0. The van der Waals surface area contributed by atoms with Gasteiger partial charge < -0.3 is 4.74 Å². The Balaban J connectivity index is 1.88. The molecule has 4 heteroatoms. The van der Waals surface area contributed by atoms with Gasteiger partial charge in [-0.3, -0.25) is 4.79 Å². The highest BCUT2D eigenvalue weighted by Crippen LogP contribution is 2.43. The molecule has 1 aliphatic heterocycles. The number of halogens is 1. The minimum absolute atomic E-state index is 0.186. The summed E-state index contributed by atoms with van der Waals surface area (Å²) in [4.78, 5) is 23.3. The fourth-order valence-electron chi connectivity index (χ4n) is 3.15. The van der Waals surface area contributed by atoms with Crippen LogP contribution in [0.4, 0.5) is 4.39 Å². The molecule has 0 spiro atoms. The Bertz CT molecular complexity index is 645. The standard InChI is InChI=1S/C18H17FO3/c19-14-5-3-13(4-6-14)9-11-18(10-1-2-15(20)12-18)16-7-8-17(21)22-16/h3-9,11,16H,1-2,10,12H2/b11-9+/t16-,18-/m0/s1. The molecular formula is C18H17FO3. The zero-order valence-corrected chi connectivity index (χ0v) is 12.1. The van der Waals surface area contributed by atoms with E-state index >= 15 is 0 Å². The second kappa shape index (κ2) is 5.87. The molecule has 0 radical (unpaired) electrons. The molecule has 1 aromatic rings. The van der Waals surface area contributed by atoms with Crippen LogP contribution in [0, 0.1) is 11.2 Å². The molecule has 2 aliphatic rings. The molecule has 0 unspecified atom stereocenters. The summed E-state index contributed by atoms with van der Waals surface area (Å²) in [7, 11) is 0. The van der Waals surface area contributed by atoms with Crippen molar-refractivity contribution in [2.45, 2.75) is 31.8 Å². The summed E-state index contributed by atoms with van der Waals surface area (Å²) >= 11 is 0. The maximum atomic E-state index is 13.0. The zero-order valence-electron chi connectivity index (χ0n) is 12.1. The molecule has 0 saturated heterocycles. The molecule has 0 N–H and O–H groups in total. The van der Waals surface area contributed by atoms with Crippen LogP contribution >= 0.6 is 0 Å². The highest BCUT2D eigenvalue weighted by atomic mass is 19.1. The molecule has 3 nitrogen and oxygen atoms in total. The van der Waals surface area contributed by atoms with Crippen LogP contribution in [0.25, 0.3) is 6.08 Å². The Morgan fingerprint density at radius 3 is 2.64 bits per heavy atom. The topological polar surface area (TPSA) is 43.4 Å². The van der Waals surface area contributed by atoms with E-state index in [1.165, 1.54) is 18.2 Å². The highest BCUT2D eigenvalue weighted by molar-refractivity contribution is 5.85. The van der Waals surface area contributed by atoms with Gasteiger partial charge in [-0.25, -0.2) is 9.18 Å². The lowest BCUT2D eigenvalue weighted by molar-refractivity contribution is -0.145. The van der Waals surface area contributed by atoms with Gasteiger partial charge >= 0.3 is 5.97 Å². The summed E-state index contributed by atoms with van der Waals surface area (Å²) in [6, 6.07) is 6.16. The maximum Gasteiger partial charge on any atom is 0.331 e. The van der Waals surface area contributed by atoms with E-state index in [2.05, 4.69) is 0 Å². The second-order valence-electron chi connectivity index (χ2n) is 5.90. The van der Waals surface area contributed by atoms with Gasteiger partial charge in [-0.1, -0.05) is 24.3 Å². The van der Waals surface area contributed by atoms with E-state index in [0.717, 1.165) is 18.4 Å². The van der Waals surface area contributed by atoms with Gasteiger partial charge in [0.2, 0.25) is 0 Å². The molecule has 1 saturated carbocycles. The Labute approximate surface area is 128 Å². The van der Waals surface area contributed by atoms with E-state index in [1.807, 2.05) is 12.2 Å². The van der Waals surface area contributed by atoms with Crippen LogP contribution in [0.5, 0.6) is 0 Å². The third-order valence-electron chi connectivity index (χ3n) is 4.32. The first-order valence-corrected chi connectivity index (χ1v) is 7.43. The number of benzene rings is 1. The lowest BCUT2D eigenvalue weighted by atomic mass is 9.69. The molecule has 1 heterocycles. The van der Waals surface area contributed by atoms with Gasteiger partial charge in [0.1, 0.15) is 17.7 Å². The molecule has 1 fully saturated rings. The number of carbonyl (C=O) groups excluding carboxylic acids is 2. The summed E-state index contributed by atoms with van der Waals surface area (Å²) < 4.78 is 18.3. The van der Waals surface area contributed by atoms with Crippen molar-refractivity contribution in [2.24, 2.45) is 5.41 Å². The Morgan fingerprint density at radius 2 is 2.00 bits per heavy atom. The van der Waals surface area contributed by atoms with E-state index in [9.17, 15) is 14.0 Å². The Morgan fingerprint density at radius 1 is 1.23 bits per heavy atom. The first-order valence-electron chi connectivity index (χ1n) is 7.43. The molecule has 0 bridgehead atoms. The first kappa shape index (κ1) is 14.7. The molecular weight excluding hydrogens is 283 g/mol. The van der Waals surface area contributed by atoms with Gasteiger partial charge in [-0.2, -0.15) is 0 Å². The largest absolute Gasteiger partial charge is 0.454 e. The van der Waals surface area contributed by atoms with Crippen molar-refractivity contribution in [2.75, 3.05) is 0 Å². The highest BCUT2D eigenvalue weighted by Gasteiger charge is 2.43. The third kappa shape index (κ3) is 3.01. The van der Waals surface area contributed by atoms with Crippen LogP contribution in [0.2, 0.25) is 0 Å². The van der Waals surface area contributed by atoms with E-state index in [0.29, 0.717) is 12.8 Å². The second-order valence-corrected chi connectivity index (χ2v) is 5.90. The summed E-state index contributed by atoms with van der Waals surface area (Å²) in [5, 5.41) is 0. The van der Waals surface area contributed by atoms with E-state index in [4.69, 9.17) is 4.74 Å². The predicted octanol–water partition coefficient (Wildman–Crippen LogP) is 3.45. The van der Waals surface area contributed by atoms with Crippen LogP contribution in [-0.4, -0.2) is 17.9 Å². The monoisotopic (exact) mass is 300 g/mol. The number of cyclic esters (lactones) is 1. The molecule has 114 valence electrons. The molecule has 2 atom stereocenters. The smallest absolute Gasteiger partial charge is 0.331 e. The van der Waals surface area contributed by atoms with Crippen molar-refractivity contribution in [3.63, 3.8) is 0 Å². The fraction of sp³-hybridized carbons (Fsp3) is 0.333. The molecule has 1 aliphatic carbocycles. The van der Waals surface area contributed by atoms with Crippen molar-refractivity contribution in [3.8, 4) is 0 Å². The number of hydrogen-bond acceptors (Lipinski definition) is 3. The number of carbonyl (C=O) groups is 2. The third-order valence-corrected chi connectivity index (χ3v) is 4.32. The SMILES string of the molecule is O=C1CCC[C@@](/C=C/c2ccc(F)cc2)([C@@H]2C=CC(=O)O2)C1. The number of Topliss-reactive ketones (excluding diaryl/α,β-unsaturated/α-hetero) is 1. The summed E-state index contributed by atoms with van der Waals surface area (Å²) in [5.41, 5.74) is 0.360. The summed E-state index contributed by atoms with van der Waals surface area (Å²) in [6.07, 6.45) is 9.09. The fourth-order valence-corrected chi connectivity index (χ4v) is 3.15. The van der Waals surface area contributed by atoms with Crippen molar-refractivity contribution in [1.29, 1.82) is 0 Å². The van der Waals surface area contributed by atoms with Gasteiger partial charge in [0, 0.05) is 24.3 Å². The van der Waals surface area contributed by atoms with Gasteiger partial charge in [-0.05, 0) is 36.6 Å². The number of ether oxygens (including phenoxy) is 1. The zero-order chi connectivity index (χ0) is 15.6. The minimum atomic E-state index is -0.494.